The lowest BCUT2D eigenvalue weighted by atomic mass is 10.1. The number of rotatable bonds is 5. The third kappa shape index (κ3) is 4.90. The number of nitrogens with zero attached hydrogens (tertiary/aromatic N) is 4. The third-order valence-electron chi connectivity index (χ3n) is 5.88. The second-order valence-corrected chi connectivity index (χ2v) is 8.29. The lowest BCUT2D eigenvalue weighted by Crippen LogP contribution is -2.14. The highest BCUT2D eigenvalue weighted by molar-refractivity contribution is 6.05. The summed E-state index contributed by atoms with van der Waals surface area (Å²) in [6.07, 6.45) is -1.23. The fourth-order valence-corrected chi connectivity index (χ4v) is 4.10. The van der Waals surface area contributed by atoms with Crippen molar-refractivity contribution in [3.05, 3.63) is 114 Å². The van der Waals surface area contributed by atoms with Crippen LogP contribution in [0.3, 0.4) is 0 Å². The molecule has 0 saturated carbocycles. The zero-order chi connectivity index (χ0) is 26.0. The predicted octanol–water partition coefficient (Wildman–Crippen LogP) is 6.29. The maximum absolute atomic E-state index is 13.0. The highest BCUT2D eigenvalue weighted by Gasteiger charge is 2.30. The molecule has 0 saturated heterocycles. The Labute approximate surface area is 209 Å². The van der Waals surface area contributed by atoms with E-state index in [1.54, 1.807) is 24.3 Å². The van der Waals surface area contributed by atoms with Gasteiger partial charge in [-0.15, -0.1) is 0 Å². The van der Waals surface area contributed by atoms with Crippen LogP contribution in [-0.2, 0) is 12.7 Å². The lowest BCUT2D eigenvalue weighted by Gasteiger charge is -2.11. The predicted molar refractivity (Wildman–Crippen MR) is 133 cm³/mol. The van der Waals surface area contributed by atoms with Crippen LogP contribution in [0.15, 0.2) is 91.4 Å². The van der Waals surface area contributed by atoms with Crippen molar-refractivity contribution in [1.29, 1.82) is 5.26 Å². The zero-order valence-corrected chi connectivity index (χ0v) is 19.2. The molecule has 1 N–H and O–H groups in total. The van der Waals surface area contributed by atoms with Gasteiger partial charge in [0, 0.05) is 28.4 Å². The minimum atomic E-state index is -4.54. The van der Waals surface area contributed by atoms with Crippen LogP contribution in [0, 0.1) is 11.3 Å². The number of amides is 1. The van der Waals surface area contributed by atoms with Crippen molar-refractivity contribution in [2.45, 2.75) is 12.7 Å². The van der Waals surface area contributed by atoms with Gasteiger partial charge in [-0.05, 0) is 48.0 Å². The minimum absolute atomic E-state index is 0.0978. The van der Waals surface area contributed by atoms with Gasteiger partial charge in [0.2, 0.25) is 0 Å². The van der Waals surface area contributed by atoms with Crippen LogP contribution in [-0.4, -0.2) is 20.4 Å². The van der Waals surface area contributed by atoms with E-state index in [9.17, 15) is 23.2 Å². The number of carbonyl (C=O) groups excluding carboxylic acids is 1. The monoisotopic (exact) mass is 497 g/mol. The van der Waals surface area contributed by atoms with Crippen LogP contribution < -0.4 is 5.32 Å². The molecule has 0 radical (unpaired) electrons. The van der Waals surface area contributed by atoms with Gasteiger partial charge in [0.1, 0.15) is 12.0 Å². The Morgan fingerprint density at radius 2 is 1.78 bits per heavy atom. The van der Waals surface area contributed by atoms with Crippen molar-refractivity contribution < 1.29 is 18.0 Å². The first-order chi connectivity index (χ1) is 17.8. The second kappa shape index (κ2) is 9.59. The van der Waals surface area contributed by atoms with Crippen molar-refractivity contribution in [1.82, 2.24) is 14.5 Å². The van der Waals surface area contributed by atoms with Gasteiger partial charge in [0.05, 0.1) is 29.4 Å². The van der Waals surface area contributed by atoms with Gasteiger partial charge in [-0.25, -0.2) is 9.97 Å². The topological polar surface area (TPSA) is 83.6 Å². The van der Waals surface area contributed by atoms with E-state index in [2.05, 4.69) is 21.4 Å². The van der Waals surface area contributed by atoms with Crippen molar-refractivity contribution in [2.75, 3.05) is 5.32 Å². The van der Waals surface area contributed by atoms with E-state index in [1.165, 1.54) is 18.5 Å². The van der Waals surface area contributed by atoms with E-state index in [0.717, 1.165) is 23.1 Å². The minimum Gasteiger partial charge on any atom is -0.328 e. The Balaban J connectivity index is 1.43. The number of hydrogen-bond donors (Lipinski definition) is 1. The summed E-state index contributed by atoms with van der Waals surface area (Å²) >= 11 is 0. The standard InChI is InChI=1S/C28H18F3N5O/c29-28(30,31)22-9-3-8-19(13-22)27(37)35-23-10-4-7-18(14-23)25-24-11-12-36(26(24)34-17-33-25)16-21-6-2-1-5-20(21)15-32/h1-14,17H,16H2,(H,35,37). The van der Waals surface area contributed by atoms with Gasteiger partial charge in [0.25, 0.3) is 5.91 Å². The fraction of sp³-hybridized carbons (Fsp3) is 0.0714. The summed E-state index contributed by atoms with van der Waals surface area (Å²) in [4.78, 5) is 21.5. The number of hydrogen-bond acceptors (Lipinski definition) is 4. The molecule has 0 bridgehead atoms. The highest BCUT2D eigenvalue weighted by atomic mass is 19.4. The normalized spacial score (nSPS) is 11.3. The molecular formula is C28H18F3N5O. The quantitative estimate of drug-likeness (QED) is 0.309. The number of nitrogens with one attached hydrogen (secondary N) is 1. The van der Waals surface area contributed by atoms with E-state index in [0.29, 0.717) is 34.7 Å². The van der Waals surface area contributed by atoms with Gasteiger partial charge in [-0.2, -0.15) is 18.4 Å². The fourth-order valence-electron chi connectivity index (χ4n) is 4.10. The number of carbonyl (C=O) groups is 1. The smallest absolute Gasteiger partial charge is 0.328 e. The van der Waals surface area contributed by atoms with Gasteiger partial charge < -0.3 is 9.88 Å². The molecule has 0 fully saturated rings. The third-order valence-corrected chi connectivity index (χ3v) is 5.88. The molecular weight excluding hydrogens is 479 g/mol. The maximum Gasteiger partial charge on any atom is 0.416 e. The molecule has 2 heterocycles. The Morgan fingerprint density at radius 1 is 0.973 bits per heavy atom. The zero-order valence-electron chi connectivity index (χ0n) is 19.2. The lowest BCUT2D eigenvalue weighted by molar-refractivity contribution is -0.137. The SMILES string of the molecule is N#Cc1ccccc1Cn1ccc2c(-c3cccc(NC(=O)c4cccc(C(F)(F)F)c4)c3)ncnc21. The van der Waals surface area contributed by atoms with Crippen molar-refractivity contribution in [2.24, 2.45) is 0 Å². The summed E-state index contributed by atoms with van der Waals surface area (Å²) in [6, 6.07) is 22.6. The van der Waals surface area contributed by atoms with Crippen LogP contribution in [0.5, 0.6) is 0 Å². The first-order valence-corrected chi connectivity index (χ1v) is 11.2. The summed E-state index contributed by atoms with van der Waals surface area (Å²) in [6.45, 7) is 0.455. The van der Waals surface area contributed by atoms with Crippen LogP contribution >= 0.6 is 0 Å². The van der Waals surface area contributed by atoms with Gasteiger partial charge >= 0.3 is 6.18 Å². The highest BCUT2D eigenvalue weighted by Crippen LogP contribution is 2.31. The molecule has 6 nitrogen and oxygen atoms in total. The summed E-state index contributed by atoms with van der Waals surface area (Å²) in [5, 5.41) is 12.8. The number of nitriles is 1. The van der Waals surface area contributed by atoms with Crippen LogP contribution in [0.25, 0.3) is 22.3 Å². The number of anilines is 1. The summed E-state index contributed by atoms with van der Waals surface area (Å²) in [5.41, 5.74) is 2.88. The van der Waals surface area contributed by atoms with Crippen LogP contribution in [0.1, 0.15) is 27.0 Å². The molecule has 0 aliphatic heterocycles. The van der Waals surface area contributed by atoms with Gasteiger partial charge in [0.15, 0.2) is 0 Å². The molecule has 1 amide bonds. The van der Waals surface area contributed by atoms with E-state index in [1.807, 2.05) is 41.1 Å². The molecule has 182 valence electrons. The Morgan fingerprint density at radius 3 is 2.59 bits per heavy atom. The van der Waals surface area contributed by atoms with Crippen molar-refractivity contribution >= 4 is 22.6 Å². The molecule has 3 aromatic carbocycles. The van der Waals surface area contributed by atoms with E-state index in [-0.39, 0.29) is 5.56 Å². The first-order valence-electron chi connectivity index (χ1n) is 11.2. The first kappa shape index (κ1) is 23.8. The maximum atomic E-state index is 13.0. The summed E-state index contributed by atoms with van der Waals surface area (Å²) < 4.78 is 41.0. The number of benzene rings is 3. The van der Waals surface area contributed by atoms with Gasteiger partial charge in [-0.1, -0.05) is 36.4 Å². The Kier molecular flexibility index (Phi) is 6.15. The molecule has 2 aromatic heterocycles. The average molecular weight is 497 g/mol. The number of aromatic nitrogens is 3. The van der Waals surface area contributed by atoms with Crippen molar-refractivity contribution in [3.8, 4) is 17.3 Å². The molecule has 37 heavy (non-hydrogen) atoms. The molecule has 0 unspecified atom stereocenters. The number of halogens is 3. The van der Waals surface area contributed by atoms with E-state index in [4.69, 9.17) is 0 Å². The van der Waals surface area contributed by atoms with E-state index >= 15 is 0 Å². The Bertz CT molecular complexity index is 1670. The van der Waals surface area contributed by atoms with Crippen molar-refractivity contribution in [3.63, 3.8) is 0 Å². The number of alkyl halides is 3. The van der Waals surface area contributed by atoms with E-state index < -0.39 is 17.6 Å². The second-order valence-electron chi connectivity index (χ2n) is 8.29. The molecule has 0 atom stereocenters. The summed E-state index contributed by atoms with van der Waals surface area (Å²) in [5.74, 6) is -0.654. The van der Waals surface area contributed by atoms with Gasteiger partial charge in [-0.3, -0.25) is 4.79 Å². The van der Waals surface area contributed by atoms with Crippen LogP contribution in [0.2, 0.25) is 0 Å². The molecule has 5 aromatic rings. The number of fused-ring (bicyclic) bond motifs is 1. The molecule has 9 heteroatoms. The largest absolute Gasteiger partial charge is 0.416 e. The average Bonchev–Trinajstić information content (AvgIpc) is 3.31. The molecule has 0 aliphatic rings. The molecule has 5 rings (SSSR count). The molecule has 0 aliphatic carbocycles. The molecule has 0 spiro atoms. The summed E-state index contributed by atoms with van der Waals surface area (Å²) in [7, 11) is 0. The van der Waals surface area contributed by atoms with Crippen LogP contribution in [0.4, 0.5) is 18.9 Å². The Hall–Kier alpha value is -4.97.